The van der Waals surface area contributed by atoms with E-state index in [1.165, 1.54) is 64.4 Å². The van der Waals surface area contributed by atoms with Gasteiger partial charge in [0.25, 0.3) is 6.71 Å². The van der Waals surface area contributed by atoms with Crippen molar-refractivity contribution in [3.05, 3.63) is 66.2 Å². The molecule has 2 nitrogen and oxygen atoms in total. The number of nitrogens with zero attached hydrogens (tertiary/aromatic N) is 1. The number of furan rings is 1. The van der Waals surface area contributed by atoms with Gasteiger partial charge in [-0.15, -0.1) is 0 Å². The Hall–Kier alpha value is -2.94. The highest BCUT2D eigenvalue weighted by atomic mass is 16.3. The zero-order chi connectivity index (χ0) is 20.5. The third kappa shape index (κ3) is 1.63. The zero-order valence-electron chi connectivity index (χ0n) is 18.0. The smallest absolute Gasteiger partial charge is 0.253 e. The molecule has 0 saturated heterocycles. The van der Waals surface area contributed by atoms with Gasteiger partial charge in [0.2, 0.25) is 0 Å². The molecule has 0 spiro atoms. The maximum absolute atomic E-state index is 6.48. The third-order valence-electron chi connectivity index (χ3n) is 9.25. The Morgan fingerprint density at radius 1 is 0.871 bits per heavy atom. The van der Waals surface area contributed by atoms with E-state index >= 15 is 0 Å². The van der Waals surface area contributed by atoms with Gasteiger partial charge in [-0.2, -0.15) is 0 Å². The molecule has 1 aromatic heterocycles. The van der Waals surface area contributed by atoms with Crippen LogP contribution in [0.15, 0.2) is 65.1 Å². The molecule has 3 heteroatoms. The van der Waals surface area contributed by atoms with Crippen molar-refractivity contribution in [1.82, 2.24) is 0 Å². The molecule has 1 saturated carbocycles. The van der Waals surface area contributed by atoms with Crippen LogP contribution >= 0.6 is 0 Å². The van der Waals surface area contributed by atoms with Crippen LogP contribution in [0, 0.1) is 0 Å². The molecule has 4 aliphatic rings. The van der Waals surface area contributed by atoms with Crippen LogP contribution in [0.5, 0.6) is 0 Å². The first-order valence-electron chi connectivity index (χ1n) is 11.7. The van der Waals surface area contributed by atoms with E-state index in [2.05, 4.69) is 79.4 Å². The van der Waals surface area contributed by atoms with E-state index < -0.39 is 0 Å². The SMILES string of the molecule is CC12CCCCC1(C)N1c3cccc4c3B(c3cccc2c31)c1c-4oc2ccccc12. The van der Waals surface area contributed by atoms with Gasteiger partial charge < -0.3 is 9.32 Å². The molecule has 0 radical (unpaired) electrons. The molecule has 0 N–H and O–H groups in total. The van der Waals surface area contributed by atoms with Crippen LogP contribution < -0.4 is 21.3 Å². The zero-order valence-corrected chi connectivity index (χ0v) is 18.0. The van der Waals surface area contributed by atoms with Crippen LogP contribution in [-0.2, 0) is 5.41 Å². The second kappa shape index (κ2) is 5.10. The van der Waals surface area contributed by atoms with Gasteiger partial charge in [-0.3, -0.25) is 0 Å². The monoisotopic (exact) mass is 401 g/mol. The van der Waals surface area contributed by atoms with Gasteiger partial charge in [-0.05, 0) is 53.8 Å². The molecule has 4 heterocycles. The van der Waals surface area contributed by atoms with Crippen LogP contribution in [0.1, 0.15) is 45.1 Å². The molecular formula is C28H24BNO. The predicted molar refractivity (Wildman–Crippen MR) is 129 cm³/mol. The van der Waals surface area contributed by atoms with Crippen molar-refractivity contribution in [2.45, 2.75) is 50.5 Å². The maximum Gasteiger partial charge on any atom is 0.253 e. The summed E-state index contributed by atoms with van der Waals surface area (Å²) >= 11 is 0. The van der Waals surface area contributed by atoms with E-state index in [0.29, 0.717) is 0 Å². The number of benzene rings is 3. The lowest BCUT2D eigenvalue weighted by Gasteiger charge is -2.51. The van der Waals surface area contributed by atoms with E-state index in [9.17, 15) is 0 Å². The van der Waals surface area contributed by atoms with Crippen molar-refractivity contribution in [2.75, 3.05) is 4.90 Å². The van der Waals surface area contributed by atoms with Gasteiger partial charge in [0.15, 0.2) is 0 Å². The highest BCUT2D eigenvalue weighted by Gasteiger charge is 2.61. The van der Waals surface area contributed by atoms with Crippen molar-refractivity contribution in [3.63, 3.8) is 0 Å². The minimum absolute atomic E-state index is 0.121. The molecule has 4 aromatic rings. The summed E-state index contributed by atoms with van der Waals surface area (Å²) in [5.41, 5.74) is 11.4. The quantitative estimate of drug-likeness (QED) is 0.340. The average molecular weight is 401 g/mol. The van der Waals surface area contributed by atoms with Crippen LogP contribution in [0.2, 0.25) is 0 Å². The summed E-state index contributed by atoms with van der Waals surface area (Å²) in [5.74, 6) is 1.08. The largest absolute Gasteiger partial charge is 0.457 e. The molecule has 8 rings (SSSR count). The van der Waals surface area contributed by atoms with Gasteiger partial charge in [0.05, 0.1) is 5.54 Å². The van der Waals surface area contributed by atoms with Gasteiger partial charge in [0.1, 0.15) is 11.3 Å². The van der Waals surface area contributed by atoms with E-state index in [-0.39, 0.29) is 17.7 Å². The fourth-order valence-electron chi connectivity index (χ4n) is 7.66. The van der Waals surface area contributed by atoms with Gasteiger partial charge in [-0.1, -0.05) is 68.3 Å². The van der Waals surface area contributed by atoms with Gasteiger partial charge >= 0.3 is 0 Å². The Kier molecular flexibility index (Phi) is 2.75. The molecule has 3 aromatic carbocycles. The average Bonchev–Trinajstić information content (AvgIpc) is 3.38. The standard InChI is InChI=1S/C28H24BNO/c1-27-15-5-6-16-28(27,2)30-21-13-7-10-18-23(21)29(20-12-8-11-19(27)25(20)30)24-17-9-3-4-14-22(17)31-26(18)24/h3-4,7-14H,5-6,15-16H2,1-2H3. The number of hydrogen-bond donors (Lipinski definition) is 0. The molecule has 2 atom stereocenters. The number of rotatable bonds is 0. The summed E-state index contributed by atoms with van der Waals surface area (Å²) in [5, 5.41) is 1.27. The molecule has 0 bridgehead atoms. The highest BCUT2D eigenvalue weighted by Crippen LogP contribution is 2.61. The molecule has 1 fully saturated rings. The summed E-state index contributed by atoms with van der Waals surface area (Å²) in [6, 6.07) is 22.6. The van der Waals surface area contributed by atoms with Crippen molar-refractivity contribution < 1.29 is 4.42 Å². The van der Waals surface area contributed by atoms with Crippen molar-refractivity contribution in [3.8, 4) is 11.3 Å². The molecule has 150 valence electrons. The highest BCUT2D eigenvalue weighted by molar-refractivity contribution is 7.02. The summed E-state index contributed by atoms with van der Waals surface area (Å²) in [4.78, 5) is 2.75. The van der Waals surface area contributed by atoms with Crippen LogP contribution in [-0.4, -0.2) is 12.3 Å². The fourth-order valence-corrected chi connectivity index (χ4v) is 7.66. The van der Waals surface area contributed by atoms with E-state index in [1.54, 1.807) is 5.56 Å². The van der Waals surface area contributed by atoms with Crippen molar-refractivity contribution in [1.29, 1.82) is 0 Å². The molecular weight excluding hydrogens is 377 g/mol. The Balaban J connectivity index is 1.54. The van der Waals surface area contributed by atoms with Crippen molar-refractivity contribution in [2.24, 2.45) is 0 Å². The number of para-hydroxylation sites is 2. The lowest BCUT2D eigenvalue weighted by Crippen LogP contribution is -2.60. The number of fused-ring (bicyclic) bond motifs is 10. The molecule has 31 heavy (non-hydrogen) atoms. The minimum Gasteiger partial charge on any atom is -0.457 e. The summed E-state index contributed by atoms with van der Waals surface area (Å²) in [6.45, 7) is 5.32. The molecule has 1 aliphatic carbocycles. The van der Waals surface area contributed by atoms with Gasteiger partial charge in [-0.25, -0.2) is 0 Å². The summed E-state index contributed by atoms with van der Waals surface area (Å²) in [6.07, 6.45) is 5.17. The Morgan fingerprint density at radius 3 is 2.65 bits per heavy atom. The first kappa shape index (κ1) is 16.7. The van der Waals surface area contributed by atoms with Crippen molar-refractivity contribution >= 4 is 45.4 Å². The summed E-state index contributed by atoms with van der Waals surface area (Å²) < 4.78 is 6.48. The van der Waals surface area contributed by atoms with Crippen LogP contribution in [0.3, 0.4) is 0 Å². The predicted octanol–water partition coefficient (Wildman–Crippen LogP) is 4.98. The molecule has 3 aliphatic heterocycles. The normalized spacial score (nSPS) is 26.6. The number of hydrogen-bond acceptors (Lipinski definition) is 2. The minimum atomic E-state index is 0.121. The molecule has 2 unspecified atom stereocenters. The first-order chi connectivity index (χ1) is 15.1. The van der Waals surface area contributed by atoms with E-state index in [0.717, 1.165) is 11.3 Å². The second-order valence-corrected chi connectivity index (χ2v) is 10.4. The Morgan fingerprint density at radius 2 is 1.71 bits per heavy atom. The lowest BCUT2D eigenvalue weighted by atomic mass is 9.37. The third-order valence-corrected chi connectivity index (χ3v) is 9.25. The summed E-state index contributed by atoms with van der Waals surface area (Å²) in [7, 11) is 0. The van der Waals surface area contributed by atoms with Crippen LogP contribution in [0.25, 0.3) is 22.3 Å². The Bertz CT molecular complexity index is 1450. The Labute approximate surface area is 183 Å². The lowest BCUT2D eigenvalue weighted by molar-refractivity contribution is 0.195. The second-order valence-electron chi connectivity index (χ2n) is 10.4. The maximum atomic E-state index is 6.48. The van der Waals surface area contributed by atoms with Crippen LogP contribution in [0.4, 0.5) is 11.4 Å². The molecule has 0 amide bonds. The number of anilines is 2. The van der Waals surface area contributed by atoms with Gasteiger partial charge in [0, 0.05) is 27.7 Å². The first-order valence-corrected chi connectivity index (χ1v) is 11.7. The van der Waals surface area contributed by atoms with E-state index in [1.807, 2.05) is 0 Å². The topological polar surface area (TPSA) is 16.4 Å². The fraction of sp³-hybridized carbons (Fsp3) is 0.286. The van der Waals surface area contributed by atoms with E-state index in [4.69, 9.17) is 4.42 Å².